The van der Waals surface area contributed by atoms with Crippen LogP contribution < -0.4 is 21.3 Å². The summed E-state index contributed by atoms with van der Waals surface area (Å²) in [5.74, 6) is 0. The zero-order valence-electron chi connectivity index (χ0n) is 17.9. The summed E-state index contributed by atoms with van der Waals surface area (Å²) in [6.07, 6.45) is 0.847. The molecule has 0 saturated heterocycles. The molecule has 0 aromatic heterocycles. The Labute approximate surface area is 205 Å². The molecule has 4 rings (SSSR count). The molecule has 0 amide bonds. The summed E-state index contributed by atoms with van der Waals surface area (Å²) >= 11 is 10.8. The minimum Gasteiger partial charge on any atom is -0.332 e. The van der Waals surface area contributed by atoms with Gasteiger partial charge in [-0.25, -0.2) is 0 Å². The smallest absolute Gasteiger partial charge is 0.175 e. The second-order valence-corrected chi connectivity index (χ2v) is 8.28. The average molecular weight is 469 g/mol. The van der Waals surface area contributed by atoms with Crippen LogP contribution in [0.25, 0.3) is 0 Å². The molecule has 0 saturated carbocycles. The molecule has 0 atom stereocenters. The molecule has 33 heavy (non-hydrogen) atoms. The molecule has 4 aromatic rings. The number of thiocarbonyl (C=S) groups is 2. The van der Waals surface area contributed by atoms with Crippen molar-refractivity contribution in [2.24, 2.45) is 0 Å². The number of nitrogens with one attached hydrogen (secondary N) is 4. The third-order valence-electron chi connectivity index (χ3n) is 4.90. The van der Waals surface area contributed by atoms with Crippen LogP contribution in [0.3, 0.4) is 0 Å². The summed E-state index contributed by atoms with van der Waals surface area (Å²) in [7, 11) is 0. The lowest BCUT2D eigenvalue weighted by atomic mass is 10.0. The molecule has 0 unspecified atom stereocenters. The van der Waals surface area contributed by atoms with Gasteiger partial charge in [0.1, 0.15) is 0 Å². The Kier molecular flexibility index (Phi) is 7.64. The highest BCUT2D eigenvalue weighted by Crippen LogP contribution is 2.17. The summed E-state index contributed by atoms with van der Waals surface area (Å²) in [5.41, 5.74) is 6.27. The van der Waals surface area contributed by atoms with Crippen molar-refractivity contribution in [1.29, 1.82) is 0 Å². The van der Waals surface area contributed by atoms with Gasteiger partial charge in [0, 0.05) is 22.7 Å². The van der Waals surface area contributed by atoms with Crippen molar-refractivity contribution in [1.82, 2.24) is 0 Å². The van der Waals surface area contributed by atoms with Crippen molar-refractivity contribution in [3.8, 4) is 0 Å². The van der Waals surface area contributed by atoms with Crippen LogP contribution in [0.15, 0.2) is 109 Å². The van der Waals surface area contributed by atoms with Crippen LogP contribution in [0.5, 0.6) is 0 Å². The topological polar surface area (TPSA) is 48.1 Å². The van der Waals surface area contributed by atoms with Crippen molar-refractivity contribution < 1.29 is 0 Å². The van der Waals surface area contributed by atoms with Crippen molar-refractivity contribution in [2.45, 2.75) is 6.42 Å². The molecule has 0 aliphatic rings. The molecule has 0 aliphatic heterocycles. The second-order valence-electron chi connectivity index (χ2n) is 7.46. The van der Waals surface area contributed by atoms with Crippen LogP contribution in [0.1, 0.15) is 11.1 Å². The van der Waals surface area contributed by atoms with Gasteiger partial charge in [-0.2, -0.15) is 0 Å². The Morgan fingerprint density at radius 2 is 0.727 bits per heavy atom. The number of benzene rings is 4. The highest BCUT2D eigenvalue weighted by atomic mass is 32.1. The van der Waals surface area contributed by atoms with E-state index in [0.29, 0.717) is 10.2 Å². The van der Waals surface area contributed by atoms with E-state index in [1.807, 2.05) is 84.9 Å². The fourth-order valence-corrected chi connectivity index (χ4v) is 3.75. The first-order valence-electron chi connectivity index (χ1n) is 10.6. The van der Waals surface area contributed by atoms with E-state index in [2.05, 4.69) is 45.5 Å². The van der Waals surface area contributed by atoms with E-state index in [1.54, 1.807) is 0 Å². The summed E-state index contributed by atoms with van der Waals surface area (Å²) < 4.78 is 0. The van der Waals surface area contributed by atoms with Gasteiger partial charge in [-0.15, -0.1) is 0 Å². The molecule has 4 N–H and O–H groups in total. The molecular weight excluding hydrogens is 444 g/mol. The number of hydrogen-bond donors (Lipinski definition) is 4. The predicted octanol–water partition coefficient (Wildman–Crippen LogP) is 6.90. The summed E-state index contributed by atoms with van der Waals surface area (Å²) in [4.78, 5) is 0. The van der Waals surface area contributed by atoms with E-state index in [1.165, 1.54) is 11.1 Å². The van der Waals surface area contributed by atoms with Gasteiger partial charge in [-0.3, -0.25) is 0 Å². The standard InChI is InChI=1S/C27H24N4S2/c32-26(28-22-7-3-1-4-8-22)30-24-15-11-20(12-16-24)19-21-13-17-25(18-14-21)31-27(33)29-23-9-5-2-6-10-23/h1-18H,19H2,(H2,28,30,32)(H2,29,31,33). The maximum atomic E-state index is 5.39. The predicted molar refractivity (Wildman–Crippen MR) is 148 cm³/mol. The first kappa shape index (κ1) is 22.5. The van der Waals surface area contributed by atoms with Crippen LogP contribution in [0.2, 0.25) is 0 Å². The molecule has 0 heterocycles. The number of rotatable bonds is 6. The summed E-state index contributed by atoms with van der Waals surface area (Å²) in [5, 5.41) is 13.9. The van der Waals surface area contributed by atoms with E-state index >= 15 is 0 Å². The van der Waals surface area contributed by atoms with E-state index in [0.717, 1.165) is 29.2 Å². The zero-order chi connectivity index (χ0) is 22.9. The minimum absolute atomic E-state index is 0.566. The van der Waals surface area contributed by atoms with Gasteiger partial charge in [0.05, 0.1) is 0 Å². The molecule has 0 aliphatic carbocycles. The van der Waals surface area contributed by atoms with Crippen LogP contribution in [0.4, 0.5) is 22.7 Å². The van der Waals surface area contributed by atoms with E-state index in [-0.39, 0.29) is 0 Å². The Balaban J connectivity index is 1.27. The molecule has 4 nitrogen and oxygen atoms in total. The number of hydrogen-bond acceptors (Lipinski definition) is 2. The fourth-order valence-electron chi connectivity index (χ4n) is 3.28. The van der Waals surface area contributed by atoms with Crippen molar-refractivity contribution >= 4 is 57.4 Å². The third-order valence-corrected chi connectivity index (χ3v) is 5.30. The largest absolute Gasteiger partial charge is 0.332 e. The Morgan fingerprint density at radius 1 is 0.424 bits per heavy atom. The van der Waals surface area contributed by atoms with Gasteiger partial charge in [-0.1, -0.05) is 60.7 Å². The molecule has 0 fully saturated rings. The van der Waals surface area contributed by atoms with Gasteiger partial charge >= 0.3 is 0 Å². The van der Waals surface area contributed by atoms with Crippen molar-refractivity contribution in [3.05, 3.63) is 120 Å². The van der Waals surface area contributed by atoms with Crippen molar-refractivity contribution in [2.75, 3.05) is 21.3 Å². The van der Waals surface area contributed by atoms with E-state index < -0.39 is 0 Å². The lowest BCUT2D eigenvalue weighted by molar-refractivity contribution is 1.19. The van der Waals surface area contributed by atoms with Crippen LogP contribution >= 0.6 is 24.4 Å². The van der Waals surface area contributed by atoms with Gasteiger partial charge in [0.2, 0.25) is 0 Å². The first-order valence-corrected chi connectivity index (χ1v) is 11.4. The normalized spacial score (nSPS) is 10.2. The Morgan fingerprint density at radius 3 is 1.06 bits per heavy atom. The number of anilines is 4. The number of para-hydroxylation sites is 2. The SMILES string of the molecule is S=C(Nc1ccccc1)Nc1ccc(Cc2ccc(NC(=S)Nc3ccccc3)cc2)cc1. The highest BCUT2D eigenvalue weighted by Gasteiger charge is 2.02. The van der Waals surface area contributed by atoms with E-state index in [4.69, 9.17) is 24.4 Å². The second kappa shape index (κ2) is 11.2. The minimum atomic E-state index is 0.566. The van der Waals surface area contributed by atoms with Gasteiger partial charge in [0.25, 0.3) is 0 Å². The molecule has 164 valence electrons. The van der Waals surface area contributed by atoms with Crippen LogP contribution in [0, 0.1) is 0 Å². The van der Waals surface area contributed by atoms with Gasteiger partial charge in [-0.05, 0) is 90.5 Å². The Hall–Kier alpha value is -3.74. The lowest BCUT2D eigenvalue weighted by Gasteiger charge is -2.12. The highest BCUT2D eigenvalue weighted by molar-refractivity contribution is 7.81. The quantitative estimate of drug-likeness (QED) is 0.231. The van der Waals surface area contributed by atoms with Crippen LogP contribution in [-0.4, -0.2) is 10.2 Å². The molecule has 0 radical (unpaired) electrons. The fraction of sp³-hybridized carbons (Fsp3) is 0.0370. The van der Waals surface area contributed by atoms with Crippen molar-refractivity contribution in [3.63, 3.8) is 0 Å². The molecule has 6 heteroatoms. The Bertz CT molecular complexity index is 1100. The van der Waals surface area contributed by atoms with Gasteiger partial charge in [0.15, 0.2) is 10.2 Å². The lowest BCUT2D eigenvalue weighted by Crippen LogP contribution is -2.19. The third kappa shape index (κ3) is 7.14. The summed E-state index contributed by atoms with van der Waals surface area (Å²) in [6, 6.07) is 36.3. The first-order chi connectivity index (χ1) is 16.1. The van der Waals surface area contributed by atoms with Crippen LogP contribution in [-0.2, 0) is 6.42 Å². The molecular formula is C27H24N4S2. The van der Waals surface area contributed by atoms with Gasteiger partial charge < -0.3 is 21.3 Å². The average Bonchev–Trinajstić information content (AvgIpc) is 2.83. The monoisotopic (exact) mass is 468 g/mol. The zero-order valence-corrected chi connectivity index (χ0v) is 19.5. The molecule has 0 spiro atoms. The molecule has 0 bridgehead atoms. The summed E-state index contributed by atoms with van der Waals surface area (Å²) in [6.45, 7) is 0. The maximum absolute atomic E-state index is 5.39. The molecule has 4 aromatic carbocycles. The van der Waals surface area contributed by atoms with E-state index in [9.17, 15) is 0 Å². The maximum Gasteiger partial charge on any atom is 0.175 e.